The first-order valence-electron chi connectivity index (χ1n) is 14.2. The molecule has 8 nitrogen and oxygen atoms in total. The van der Waals surface area contributed by atoms with E-state index in [2.05, 4.69) is 22.5 Å². The number of nitrogens with one attached hydrogen (secondary N) is 2. The molecule has 2 amide bonds. The van der Waals surface area contributed by atoms with Crippen molar-refractivity contribution in [1.82, 2.24) is 20.5 Å². The van der Waals surface area contributed by atoms with Crippen molar-refractivity contribution in [2.45, 2.75) is 65.2 Å². The van der Waals surface area contributed by atoms with Gasteiger partial charge in [0, 0.05) is 32.4 Å². The third-order valence-corrected chi connectivity index (χ3v) is 6.90. The summed E-state index contributed by atoms with van der Waals surface area (Å²) in [6, 6.07) is 19.0. The Labute approximate surface area is 237 Å². The van der Waals surface area contributed by atoms with Gasteiger partial charge >= 0.3 is 0 Å². The van der Waals surface area contributed by atoms with Crippen LogP contribution in [0.25, 0.3) is 0 Å². The van der Waals surface area contributed by atoms with E-state index in [0.717, 1.165) is 47.4 Å². The van der Waals surface area contributed by atoms with Crippen LogP contribution in [0.2, 0.25) is 0 Å². The van der Waals surface area contributed by atoms with Gasteiger partial charge in [0.25, 0.3) is 5.91 Å². The topological polar surface area (TPSA) is 92.8 Å². The van der Waals surface area contributed by atoms with Crippen LogP contribution in [0.3, 0.4) is 0 Å². The van der Waals surface area contributed by atoms with Gasteiger partial charge < -0.3 is 25.0 Å². The lowest BCUT2D eigenvalue weighted by atomic mass is 10.1. The second kappa shape index (κ2) is 15.0. The van der Waals surface area contributed by atoms with E-state index in [1.807, 2.05) is 67.6 Å². The molecule has 2 aromatic carbocycles. The second-order valence-electron chi connectivity index (χ2n) is 10.1. The van der Waals surface area contributed by atoms with Crippen LogP contribution >= 0.6 is 0 Å². The predicted molar refractivity (Wildman–Crippen MR) is 155 cm³/mol. The van der Waals surface area contributed by atoms with E-state index in [9.17, 15) is 9.59 Å². The van der Waals surface area contributed by atoms with Crippen LogP contribution in [0.4, 0.5) is 0 Å². The molecule has 0 aliphatic carbocycles. The van der Waals surface area contributed by atoms with Crippen LogP contribution in [0.1, 0.15) is 55.0 Å². The number of nitrogens with zero attached hydrogens (tertiary/aromatic N) is 2. The normalized spacial score (nSPS) is 15.2. The monoisotopic (exact) mass is 544 g/mol. The Kier molecular flexibility index (Phi) is 10.9. The summed E-state index contributed by atoms with van der Waals surface area (Å²) in [4.78, 5) is 32.4. The van der Waals surface area contributed by atoms with Gasteiger partial charge in [-0.25, -0.2) is 0 Å². The maximum Gasteiger partial charge on any atom is 0.261 e. The van der Waals surface area contributed by atoms with E-state index in [4.69, 9.17) is 9.47 Å². The minimum atomic E-state index is -0.525. The second-order valence-corrected chi connectivity index (χ2v) is 10.1. The summed E-state index contributed by atoms with van der Waals surface area (Å²) < 4.78 is 11.7. The highest BCUT2D eigenvalue weighted by atomic mass is 16.5. The van der Waals surface area contributed by atoms with Crippen LogP contribution in [0.15, 0.2) is 66.9 Å². The molecule has 0 saturated carbocycles. The van der Waals surface area contributed by atoms with Crippen LogP contribution in [0.5, 0.6) is 11.5 Å². The number of hydrogen-bond acceptors (Lipinski definition) is 6. The smallest absolute Gasteiger partial charge is 0.261 e. The predicted octanol–water partition coefficient (Wildman–Crippen LogP) is 4.54. The van der Waals surface area contributed by atoms with Gasteiger partial charge in [0.05, 0.1) is 12.3 Å². The van der Waals surface area contributed by atoms with Crippen molar-refractivity contribution in [3.8, 4) is 11.5 Å². The molecule has 8 heteroatoms. The number of pyridine rings is 1. The van der Waals surface area contributed by atoms with Crippen molar-refractivity contribution < 1.29 is 19.1 Å². The van der Waals surface area contributed by atoms with Crippen molar-refractivity contribution in [1.29, 1.82) is 0 Å². The van der Waals surface area contributed by atoms with E-state index >= 15 is 0 Å². The summed E-state index contributed by atoms with van der Waals surface area (Å²) in [6.07, 6.45) is 5.15. The minimum Gasteiger partial charge on any atom is -0.493 e. The average molecular weight is 545 g/mol. The van der Waals surface area contributed by atoms with Gasteiger partial charge in [-0.1, -0.05) is 37.3 Å². The molecule has 1 atom stereocenters. The van der Waals surface area contributed by atoms with Crippen LogP contribution in [-0.4, -0.2) is 47.5 Å². The molecule has 1 saturated heterocycles. The Bertz CT molecular complexity index is 1230. The molecule has 2 N–H and O–H groups in total. The average Bonchev–Trinajstić information content (AvgIpc) is 3.19. The van der Waals surface area contributed by atoms with E-state index in [1.54, 1.807) is 11.1 Å². The third kappa shape index (κ3) is 8.55. The molecule has 1 aromatic heterocycles. The zero-order valence-corrected chi connectivity index (χ0v) is 23.5. The van der Waals surface area contributed by atoms with Crippen molar-refractivity contribution in [3.63, 3.8) is 0 Å². The fraction of sp³-hybridized carbons (Fsp3) is 0.406. The van der Waals surface area contributed by atoms with Crippen LogP contribution in [0, 0.1) is 6.92 Å². The van der Waals surface area contributed by atoms with E-state index < -0.39 is 6.04 Å². The van der Waals surface area contributed by atoms with Crippen molar-refractivity contribution in [2.24, 2.45) is 0 Å². The van der Waals surface area contributed by atoms with Gasteiger partial charge in [0.2, 0.25) is 5.91 Å². The number of amides is 2. The summed E-state index contributed by atoms with van der Waals surface area (Å²) in [7, 11) is 0. The Balaban J connectivity index is 1.37. The van der Waals surface area contributed by atoms with Crippen molar-refractivity contribution in [3.05, 3.63) is 89.2 Å². The first kappa shape index (κ1) is 29.1. The lowest BCUT2D eigenvalue weighted by Crippen LogP contribution is -2.49. The number of aromatic nitrogens is 1. The van der Waals surface area contributed by atoms with Gasteiger partial charge in [-0.2, -0.15) is 0 Å². The number of aryl methyl sites for hydroxylation is 1. The van der Waals surface area contributed by atoms with E-state index in [0.29, 0.717) is 45.0 Å². The molecular weight excluding hydrogens is 504 g/mol. The molecule has 1 aliphatic heterocycles. The van der Waals surface area contributed by atoms with Crippen molar-refractivity contribution >= 4 is 11.8 Å². The Morgan fingerprint density at radius 3 is 2.62 bits per heavy atom. The Morgan fingerprint density at radius 1 is 1.05 bits per heavy atom. The van der Waals surface area contributed by atoms with Gasteiger partial charge in [0.15, 0.2) is 6.61 Å². The minimum absolute atomic E-state index is 0.104. The molecule has 0 spiro atoms. The SMILES string of the molecule is CCCOc1ccc(CN(C(=O)COc2ccc(CNCc3ccccn3)cc2)[C@H]2CCCCNC2=O)cc1C. The molecule has 0 radical (unpaired) electrons. The van der Waals surface area contributed by atoms with Gasteiger partial charge in [0.1, 0.15) is 17.5 Å². The number of carbonyl (C=O) groups excluding carboxylic acids is 2. The molecule has 1 aliphatic rings. The lowest BCUT2D eigenvalue weighted by molar-refractivity contribution is -0.142. The quantitative estimate of drug-likeness (QED) is 0.328. The Morgan fingerprint density at radius 2 is 1.88 bits per heavy atom. The van der Waals surface area contributed by atoms with Crippen molar-refractivity contribution in [2.75, 3.05) is 19.8 Å². The van der Waals surface area contributed by atoms with Crippen LogP contribution < -0.4 is 20.1 Å². The zero-order valence-electron chi connectivity index (χ0n) is 23.5. The molecule has 4 rings (SSSR count). The fourth-order valence-corrected chi connectivity index (χ4v) is 4.74. The lowest BCUT2D eigenvalue weighted by Gasteiger charge is -2.30. The maximum absolute atomic E-state index is 13.5. The maximum atomic E-state index is 13.5. The van der Waals surface area contributed by atoms with Gasteiger partial charge in [-0.15, -0.1) is 0 Å². The highest BCUT2D eigenvalue weighted by Crippen LogP contribution is 2.23. The number of carbonyl (C=O) groups is 2. The first-order valence-corrected chi connectivity index (χ1v) is 14.2. The highest BCUT2D eigenvalue weighted by Gasteiger charge is 2.31. The summed E-state index contributed by atoms with van der Waals surface area (Å²) >= 11 is 0. The summed E-state index contributed by atoms with van der Waals surface area (Å²) in [6.45, 7) is 6.94. The molecule has 3 aromatic rings. The number of hydrogen-bond donors (Lipinski definition) is 2. The Hall–Kier alpha value is -3.91. The molecule has 2 heterocycles. The third-order valence-electron chi connectivity index (χ3n) is 6.90. The number of benzene rings is 2. The largest absolute Gasteiger partial charge is 0.493 e. The summed E-state index contributed by atoms with van der Waals surface area (Å²) in [5.41, 5.74) is 4.06. The molecule has 40 heavy (non-hydrogen) atoms. The molecular formula is C32H40N4O4. The van der Waals surface area contributed by atoms with E-state index in [1.165, 1.54) is 0 Å². The first-order chi connectivity index (χ1) is 19.5. The fourth-order valence-electron chi connectivity index (χ4n) is 4.74. The summed E-state index contributed by atoms with van der Waals surface area (Å²) in [5, 5.41) is 6.34. The number of rotatable bonds is 13. The van der Waals surface area contributed by atoms with Gasteiger partial charge in [-0.05, 0) is 79.6 Å². The molecule has 212 valence electrons. The van der Waals surface area contributed by atoms with Gasteiger partial charge in [-0.3, -0.25) is 14.6 Å². The molecule has 1 fully saturated rings. The zero-order chi connectivity index (χ0) is 28.2. The standard InChI is InChI=1S/C32H40N4O4/c1-3-18-39-30-15-12-26(19-24(30)2)22-36(29-9-5-7-17-35-32(29)38)31(37)23-40-28-13-10-25(11-14-28)20-33-21-27-8-4-6-16-34-27/h4,6,8,10-16,19,29,33H,3,5,7,9,17-18,20-23H2,1-2H3,(H,35,38)/t29-/m0/s1. The molecule has 0 unspecified atom stereocenters. The number of ether oxygens (including phenoxy) is 2. The summed E-state index contributed by atoms with van der Waals surface area (Å²) in [5.74, 6) is 1.13. The molecule has 0 bridgehead atoms. The van der Waals surface area contributed by atoms with Crippen LogP contribution in [-0.2, 0) is 29.2 Å². The highest BCUT2D eigenvalue weighted by molar-refractivity contribution is 5.88. The van der Waals surface area contributed by atoms with E-state index in [-0.39, 0.29) is 18.4 Å².